The van der Waals surface area contributed by atoms with Crippen LogP contribution in [-0.2, 0) is 13.8 Å². The summed E-state index contributed by atoms with van der Waals surface area (Å²) in [4.78, 5) is 13.1. The summed E-state index contributed by atoms with van der Waals surface area (Å²) in [5.74, 6) is 0.296. The minimum Gasteiger partial charge on any atom is -0.490 e. The van der Waals surface area contributed by atoms with Crippen LogP contribution >= 0.6 is 22.3 Å². The molecule has 1 heterocycles. The van der Waals surface area contributed by atoms with Gasteiger partial charge in [0.2, 0.25) is 15.0 Å². The molecule has 0 radical (unpaired) electrons. The molecule has 0 aliphatic carbocycles. The van der Waals surface area contributed by atoms with Gasteiger partial charge in [-0.1, -0.05) is 23.7 Å². The maximum absolute atomic E-state index is 11.7. The third kappa shape index (κ3) is 3.77. The lowest BCUT2D eigenvalue weighted by atomic mass is 10.3. The molecule has 8 heteroatoms. The van der Waals surface area contributed by atoms with Crippen LogP contribution in [0.2, 0.25) is 5.02 Å². The quantitative estimate of drug-likeness (QED) is 0.769. The summed E-state index contributed by atoms with van der Waals surface area (Å²) in [6.45, 7) is 0.647. The van der Waals surface area contributed by atoms with Crippen LogP contribution in [0.15, 0.2) is 24.3 Å². The van der Waals surface area contributed by atoms with Gasteiger partial charge in [0.1, 0.15) is 17.6 Å². The van der Waals surface area contributed by atoms with E-state index in [2.05, 4.69) is 0 Å². The van der Waals surface area contributed by atoms with Gasteiger partial charge in [0.25, 0.3) is 0 Å². The van der Waals surface area contributed by atoms with Gasteiger partial charge in [-0.15, -0.1) is 0 Å². The second kappa shape index (κ2) is 6.20. The summed E-state index contributed by atoms with van der Waals surface area (Å²) in [6, 6.07) is 7.00. The number of nitrogens with zero attached hydrogens (tertiary/aromatic N) is 1. The zero-order chi connectivity index (χ0) is 14.8. The normalized spacial score (nSPS) is 19.4. The number of carbonyl (C=O) groups excluding carboxylic acids is 1. The number of halogens is 2. The minimum absolute atomic E-state index is 0.0715. The van der Waals surface area contributed by atoms with Crippen LogP contribution in [0.1, 0.15) is 6.42 Å². The van der Waals surface area contributed by atoms with Crippen LogP contribution in [0.4, 0.5) is 0 Å². The molecule has 0 saturated carbocycles. The van der Waals surface area contributed by atoms with Crippen LogP contribution in [0.3, 0.4) is 0 Å². The molecule has 0 bridgehead atoms. The van der Waals surface area contributed by atoms with E-state index in [9.17, 15) is 13.2 Å². The first kappa shape index (κ1) is 15.4. The molecule has 0 aromatic heterocycles. The van der Waals surface area contributed by atoms with Crippen molar-refractivity contribution in [2.24, 2.45) is 0 Å². The molecule has 2 rings (SSSR count). The Kier molecular flexibility index (Phi) is 4.78. The summed E-state index contributed by atoms with van der Waals surface area (Å²) in [5, 5.41) is -0.349. The van der Waals surface area contributed by atoms with Gasteiger partial charge in [-0.3, -0.25) is 4.79 Å². The van der Waals surface area contributed by atoms with Crippen LogP contribution in [0.5, 0.6) is 5.75 Å². The molecule has 5 nitrogen and oxygen atoms in total. The fourth-order valence-electron chi connectivity index (χ4n) is 1.97. The number of para-hydroxylation sites is 1. The molecule has 1 aromatic rings. The number of carbonyl (C=O) groups is 1. The maximum Gasteiger partial charge on any atom is 0.237 e. The monoisotopic (exact) mass is 337 g/mol. The molecule has 0 N–H and O–H groups in total. The molecular weight excluding hydrogens is 325 g/mol. The van der Waals surface area contributed by atoms with Gasteiger partial charge in [0, 0.05) is 23.6 Å². The number of rotatable bonds is 5. The minimum atomic E-state index is -3.70. The molecule has 0 spiro atoms. The van der Waals surface area contributed by atoms with E-state index < -0.39 is 14.3 Å². The Morgan fingerprint density at radius 3 is 2.65 bits per heavy atom. The number of ether oxygens (including phenoxy) is 1. The highest BCUT2D eigenvalue weighted by molar-refractivity contribution is 8.14. The maximum atomic E-state index is 11.7. The Labute approximate surface area is 126 Å². The number of hydrogen-bond acceptors (Lipinski definition) is 4. The first-order chi connectivity index (χ1) is 9.38. The smallest absolute Gasteiger partial charge is 0.237 e. The molecule has 110 valence electrons. The van der Waals surface area contributed by atoms with Crippen LogP contribution < -0.4 is 4.74 Å². The van der Waals surface area contributed by atoms with Gasteiger partial charge >= 0.3 is 0 Å². The second-order valence-electron chi connectivity index (χ2n) is 4.42. The Morgan fingerprint density at radius 1 is 1.35 bits per heavy atom. The van der Waals surface area contributed by atoms with Gasteiger partial charge in [-0.2, -0.15) is 0 Å². The highest BCUT2D eigenvalue weighted by Gasteiger charge is 2.36. The summed E-state index contributed by atoms with van der Waals surface area (Å²) in [7, 11) is 1.56. The molecule has 1 unspecified atom stereocenters. The van der Waals surface area contributed by atoms with Crippen molar-refractivity contribution >= 4 is 37.2 Å². The van der Waals surface area contributed by atoms with E-state index in [0.717, 1.165) is 0 Å². The molecule has 1 saturated heterocycles. The lowest BCUT2D eigenvalue weighted by Crippen LogP contribution is -2.31. The standard InChI is InChI=1S/C12H13Cl2NO4S/c13-10-3-1-2-4-11(10)19-6-5-15-8-9(7-12(15)16)20(14,17)18/h1-4,9H,5-8H2. The van der Waals surface area contributed by atoms with Crippen molar-refractivity contribution in [2.45, 2.75) is 11.7 Å². The van der Waals surface area contributed by atoms with E-state index in [0.29, 0.717) is 17.3 Å². The average Bonchev–Trinajstić information content (AvgIpc) is 2.73. The first-order valence-electron chi connectivity index (χ1n) is 5.96. The van der Waals surface area contributed by atoms with E-state index in [4.69, 9.17) is 27.0 Å². The zero-order valence-electron chi connectivity index (χ0n) is 10.5. The average molecular weight is 338 g/mol. The fourth-order valence-corrected chi connectivity index (χ4v) is 3.22. The van der Waals surface area contributed by atoms with Crippen molar-refractivity contribution in [3.8, 4) is 5.75 Å². The largest absolute Gasteiger partial charge is 0.490 e. The summed E-state index contributed by atoms with van der Waals surface area (Å²) in [6.07, 6.45) is -0.0715. The molecule has 1 amide bonds. The van der Waals surface area contributed by atoms with Gasteiger partial charge in [-0.25, -0.2) is 8.42 Å². The van der Waals surface area contributed by atoms with Crippen molar-refractivity contribution in [3.05, 3.63) is 29.3 Å². The molecule has 20 heavy (non-hydrogen) atoms. The highest BCUT2D eigenvalue weighted by atomic mass is 35.7. The third-order valence-electron chi connectivity index (χ3n) is 3.03. The number of benzene rings is 1. The Bertz CT molecular complexity index is 605. The molecule has 1 atom stereocenters. The van der Waals surface area contributed by atoms with E-state index in [1.165, 1.54) is 4.90 Å². The molecular formula is C12H13Cl2NO4S. The molecule has 1 fully saturated rings. The van der Waals surface area contributed by atoms with E-state index in [1.54, 1.807) is 24.3 Å². The first-order valence-corrected chi connectivity index (χ1v) is 8.71. The van der Waals surface area contributed by atoms with Crippen molar-refractivity contribution < 1.29 is 17.9 Å². The summed E-state index contributed by atoms with van der Waals surface area (Å²) < 4.78 is 27.9. The topological polar surface area (TPSA) is 63.7 Å². The van der Waals surface area contributed by atoms with Crippen molar-refractivity contribution in [2.75, 3.05) is 19.7 Å². The lowest BCUT2D eigenvalue weighted by molar-refractivity contribution is -0.128. The number of amides is 1. The second-order valence-corrected chi connectivity index (χ2v) is 7.74. The Balaban J connectivity index is 1.86. The number of hydrogen-bond donors (Lipinski definition) is 0. The summed E-state index contributed by atoms with van der Waals surface area (Å²) >= 11 is 5.93. The van der Waals surface area contributed by atoms with Gasteiger partial charge in [0.15, 0.2) is 0 Å². The van der Waals surface area contributed by atoms with Gasteiger partial charge in [-0.05, 0) is 12.1 Å². The Hall–Kier alpha value is -0.980. The molecule has 1 aromatic carbocycles. The van der Waals surface area contributed by atoms with Crippen LogP contribution in [0, 0.1) is 0 Å². The highest BCUT2D eigenvalue weighted by Crippen LogP contribution is 2.24. The SMILES string of the molecule is O=C1CC(S(=O)(=O)Cl)CN1CCOc1ccccc1Cl. The lowest BCUT2D eigenvalue weighted by Gasteiger charge is -2.16. The number of likely N-dealkylation sites (tertiary alicyclic amines) is 1. The van der Waals surface area contributed by atoms with Crippen molar-refractivity contribution in [1.82, 2.24) is 4.90 Å². The third-order valence-corrected chi connectivity index (χ3v) is 5.21. The van der Waals surface area contributed by atoms with Gasteiger partial charge in [0.05, 0.1) is 11.6 Å². The Morgan fingerprint density at radius 2 is 2.05 bits per heavy atom. The van der Waals surface area contributed by atoms with E-state index in [-0.39, 0.29) is 25.5 Å². The fraction of sp³-hybridized carbons (Fsp3) is 0.417. The molecule has 1 aliphatic rings. The van der Waals surface area contributed by atoms with Crippen LogP contribution in [-0.4, -0.2) is 44.2 Å². The zero-order valence-corrected chi connectivity index (χ0v) is 12.8. The van der Waals surface area contributed by atoms with Crippen molar-refractivity contribution in [3.63, 3.8) is 0 Å². The van der Waals surface area contributed by atoms with E-state index in [1.807, 2.05) is 0 Å². The predicted molar refractivity (Wildman–Crippen MR) is 76.7 cm³/mol. The van der Waals surface area contributed by atoms with Crippen LogP contribution in [0.25, 0.3) is 0 Å². The molecule has 1 aliphatic heterocycles. The predicted octanol–water partition coefficient (Wildman–Crippen LogP) is 1.89. The van der Waals surface area contributed by atoms with Crippen molar-refractivity contribution in [1.29, 1.82) is 0 Å². The van der Waals surface area contributed by atoms with Gasteiger partial charge < -0.3 is 9.64 Å². The van der Waals surface area contributed by atoms with E-state index >= 15 is 0 Å². The summed E-state index contributed by atoms with van der Waals surface area (Å²) in [5.41, 5.74) is 0.